The van der Waals surface area contributed by atoms with E-state index in [4.69, 9.17) is 21.1 Å². The molecule has 0 bridgehead atoms. The standard InChI is InChI=1S/C18H21ClN6O9/c1-2-32-16(28)12(18(29,30)31)33-5-8-10(26)11(27)15(34-8)25-7-21-9-13(24-4-3-20-6-24)22-17(19)23-14(9)25/h3-4,6-8,10-12,15,26-27,29-31H,2,5H2,1H3/t8-,10-,11-,12-,15-/m1/s1. The Morgan fingerprint density at radius 3 is 2.68 bits per heavy atom. The van der Waals surface area contributed by atoms with Gasteiger partial charge in [0.15, 0.2) is 23.2 Å². The number of imidazole rings is 2. The molecule has 3 aromatic rings. The minimum atomic E-state index is -3.55. The summed E-state index contributed by atoms with van der Waals surface area (Å²) in [5.74, 6) is -4.48. The number of aliphatic hydroxyl groups excluding tert-OH is 2. The Bertz CT molecular complexity index is 1150. The quantitative estimate of drug-likeness (QED) is 0.127. The van der Waals surface area contributed by atoms with E-state index in [0.717, 1.165) is 0 Å². The van der Waals surface area contributed by atoms with Gasteiger partial charge in [0.1, 0.15) is 24.6 Å². The molecule has 34 heavy (non-hydrogen) atoms. The summed E-state index contributed by atoms with van der Waals surface area (Å²) in [6.45, 7) is 0.735. The van der Waals surface area contributed by atoms with Gasteiger partial charge in [0, 0.05) is 12.4 Å². The Morgan fingerprint density at radius 1 is 1.26 bits per heavy atom. The smallest absolute Gasteiger partial charge is 0.343 e. The maximum absolute atomic E-state index is 11.9. The summed E-state index contributed by atoms with van der Waals surface area (Å²) in [7, 11) is 0. The number of carbonyl (C=O) groups is 1. The first-order valence-corrected chi connectivity index (χ1v) is 10.3. The van der Waals surface area contributed by atoms with Gasteiger partial charge in [0.05, 0.1) is 19.5 Å². The van der Waals surface area contributed by atoms with Gasteiger partial charge in [-0.05, 0) is 18.5 Å². The molecule has 3 aromatic heterocycles. The van der Waals surface area contributed by atoms with Gasteiger partial charge in [-0.15, -0.1) is 0 Å². The van der Waals surface area contributed by atoms with Crippen molar-refractivity contribution in [2.24, 2.45) is 0 Å². The lowest BCUT2D eigenvalue weighted by atomic mass is 10.1. The molecule has 1 aliphatic rings. The zero-order valence-corrected chi connectivity index (χ0v) is 18.3. The van der Waals surface area contributed by atoms with Crippen molar-refractivity contribution in [2.45, 2.75) is 43.5 Å². The number of halogens is 1. The van der Waals surface area contributed by atoms with E-state index in [9.17, 15) is 30.3 Å². The predicted molar refractivity (Wildman–Crippen MR) is 109 cm³/mol. The van der Waals surface area contributed by atoms with Gasteiger partial charge in [-0.3, -0.25) is 9.13 Å². The van der Waals surface area contributed by atoms with E-state index in [2.05, 4.69) is 24.7 Å². The van der Waals surface area contributed by atoms with Crippen LogP contribution in [-0.2, 0) is 19.0 Å². The molecule has 0 aromatic carbocycles. The van der Waals surface area contributed by atoms with Gasteiger partial charge in [-0.2, -0.15) is 9.97 Å². The number of fused-ring (bicyclic) bond motifs is 1. The first-order chi connectivity index (χ1) is 16.1. The number of esters is 1. The highest BCUT2D eigenvalue weighted by molar-refractivity contribution is 6.28. The van der Waals surface area contributed by atoms with Crippen molar-refractivity contribution >= 4 is 28.7 Å². The zero-order valence-electron chi connectivity index (χ0n) is 17.5. The second kappa shape index (κ2) is 9.47. The maximum atomic E-state index is 11.9. The average molecular weight is 501 g/mol. The normalized spacial score (nSPS) is 24.0. The fourth-order valence-electron chi connectivity index (χ4n) is 3.47. The van der Waals surface area contributed by atoms with Crippen LogP contribution in [0.4, 0.5) is 0 Å². The lowest BCUT2D eigenvalue weighted by molar-refractivity contribution is -0.357. The molecular formula is C18H21ClN6O9. The number of hydrogen-bond donors (Lipinski definition) is 5. The van der Waals surface area contributed by atoms with Crippen LogP contribution in [0.15, 0.2) is 25.0 Å². The van der Waals surface area contributed by atoms with Gasteiger partial charge in [0.25, 0.3) is 0 Å². The molecule has 4 rings (SSSR count). The highest BCUT2D eigenvalue weighted by Crippen LogP contribution is 2.33. The fourth-order valence-corrected chi connectivity index (χ4v) is 3.63. The number of carbonyl (C=O) groups excluding carboxylic acids is 1. The Morgan fingerprint density at radius 2 is 2.03 bits per heavy atom. The number of nitrogens with zero attached hydrogens (tertiary/aromatic N) is 6. The van der Waals surface area contributed by atoms with E-state index in [-0.39, 0.29) is 17.5 Å². The monoisotopic (exact) mass is 500 g/mol. The van der Waals surface area contributed by atoms with E-state index in [0.29, 0.717) is 11.3 Å². The SMILES string of the molecule is CCOC(=O)[C@@H](OC[C@H]1O[C@@H](n2cnc3c(-n4ccnc4)nc(Cl)nc32)[C@H](O)[C@@H]1O)C(O)(O)O. The van der Waals surface area contributed by atoms with E-state index < -0.39 is 49.2 Å². The molecule has 0 aliphatic carbocycles. The third-order valence-corrected chi connectivity index (χ3v) is 5.18. The highest BCUT2D eigenvalue weighted by atomic mass is 35.5. The van der Waals surface area contributed by atoms with Crippen LogP contribution in [0, 0.1) is 0 Å². The summed E-state index contributed by atoms with van der Waals surface area (Å²) >= 11 is 6.07. The van der Waals surface area contributed by atoms with Gasteiger partial charge < -0.3 is 39.7 Å². The topological polar surface area (TPSA) is 207 Å². The Labute approximate surface area is 195 Å². The molecule has 4 heterocycles. The lowest BCUT2D eigenvalue weighted by Gasteiger charge is -2.25. The molecule has 1 aliphatic heterocycles. The third-order valence-electron chi connectivity index (χ3n) is 5.02. The maximum Gasteiger partial charge on any atom is 0.343 e. The minimum Gasteiger partial charge on any atom is -0.464 e. The molecule has 184 valence electrons. The Kier molecular flexibility index (Phi) is 6.79. The molecule has 1 fully saturated rings. The van der Waals surface area contributed by atoms with Gasteiger partial charge in [-0.25, -0.2) is 14.8 Å². The first-order valence-electron chi connectivity index (χ1n) is 9.97. The summed E-state index contributed by atoms with van der Waals surface area (Å²) < 4.78 is 18.3. The molecular weight excluding hydrogens is 480 g/mol. The zero-order chi connectivity index (χ0) is 24.6. The van der Waals surface area contributed by atoms with Gasteiger partial charge in [0.2, 0.25) is 11.4 Å². The molecule has 0 saturated carbocycles. The molecule has 0 unspecified atom stereocenters. The minimum absolute atomic E-state index is 0.114. The van der Waals surface area contributed by atoms with Crippen molar-refractivity contribution < 1.29 is 44.5 Å². The van der Waals surface area contributed by atoms with Crippen molar-refractivity contribution in [1.29, 1.82) is 0 Å². The van der Waals surface area contributed by atoms with Crippen molar-refractivity contribution in [1.82, 2.24) is 29.1 Å². The molecule has 0 spiro atoms. The van der Waals surface area contributed by atoms with Crippen LogP contribution in [0.25, 0.3) is 17.0 Å². The second-order valence-electron chi connectivity index (χ2n) is 7.31. The number of ether oxygens (including phenoxy) is 3. The average Bonchev–Trinajstić information content (AvgIpc) is 3.49. The molecule has 0 radical (unpaired) electrons. The molecule has 0 amide bonds. The second-order valence-corrected chi connectivity index (χ2v) is 7.65. The van der Waals surface area contributed by atoms with Crippen molar-refractivity contribution in [3.8, 4) is 5.82 Å². The van der Waals surface area contributed by atoms with Crippen LogP contribution >= 0.6 is 11.6 Å². The van der Waals surface area contributed by atoms with Crippen LogP contribution in [0.3, 0.4) is 0 Å². The Hall–Kier alpha value is -2.76. The number of rotatable bonds is 8. The largest absolute Gasteiger partial charge is 0.464 e. The van der Waals surface area contributed by atoms with Crippen LogP contribution < -0.4 is 0 Å². The van der Waals surface area contributed by atoms with E-state index in [1.165, 1.54) is 30.3 Å². The van der Waals surface area contributed by atoms with Crippen LogP contribution in [-0.4, -0.2) is 104 Å². The summed E-state index contributed by atoms with van der Waals surface area (Å²) in [5, 5.41) is 49.1. The van der Waals surface area contributed by atoms with E-state index in [1.54, 1.807) is 10.8 Å². The van der Waals surface area contributed by atoms with Crippen LogP contribution in [0.5, 0.6) is 0 Å². The van der Waals surface area contributed by atoms with Gasteiger partial charge >= 0.3 is 11.9 Å². The lowest BCUT2D eigenvalue weighted by Crippen LogP contribution is -2.50. The number of aromatic nitrogens is 6. The predicted octanol–water partition coefficient (Wildman–Crippen LogP) is -2.14. The number of aliphatic hydroxyl groups is 5. The van der Waals surface area contributed by atoms with Crippen LogP contribution in [0.1, 0.15) is 13.2 Å². The van der Waals surface area contributed by atoms with Crippen molar-refractivity contribution in [3.63, 3.8) is 0 Å². The summed E-state index contributed by atoms with van der Waals surface area (Å²) in [6.07, 6.45) is -1.74. The molecule has 15 nitrogen and oxygen atoms in total. The fraction of sp³-hybridized carbons (Fsp3) is 0.500. The van der Waals surface area contributed by atoms with Gasteiger partial charge in [-0.1, -0.05) is 0 Å². The summed E-state index contributed by atoms with van der Waals surface area (Å²) in [5.41, 5.74) is 0.492. The summed E-state index contributed by atoms with van der Waals surface area (Å²) in [4.78, 5) is 28.4. The number of hydrogen-bond acceptors (Lipinski definition) is 13. The molecule has 16 heteroatoms. The van der Waals surface area contributed by atoms with E-state index in [1.807, 2.05) is 0 Å². The molecule has 5 atom stereocenters. The van der Waals surface area contributed by atoms with E-state index >= 15 is 0 Å². The molecule has 1 saturated heterocycles. The van der Waals surface area contributed by atoms with Crippen molar-refractivity contribution in [2.75, 3.05) is 13.2 Å². The highest BCUT2D eigenvalue weighted by Gasteiger charge is 2.47. The molecule has 5 N–H and O–H groups in total. The van der Waals surface area contributed by atoms with Crippen LogP contribution in [0.2, 0.25) is 5.28 Å². The first kappa shape index (κ1) is 24.4. The Balaban J connectivity index is 1.57. The summed E-state index contributed by atoms with van der Waals surface area (Å²) in [6, 6.07) is 0. The van der Waals surface area contributed by atoms with Crippen molar-refractivity contribution in [3.05, 3.63) is 30.3 Å². The third kappa shape index (κ3) is 4.59.